The summed E-state index contributed by atoms with van der Waals surface area (Å²) in [6.07, 6.45) is 2.50. The molecule has 5 nitrogen and oxygen atoms in total. The zero-order valence-electron chi connectivity index (χ0n) is 14.9. The Morgan fingerprint density at radius 2 is 1.93 bits per heavy atom. The van der Waals surface area contributed by atoms with Gasteiger partial charge in [0.05, 0.1) is 19.0 Å². The number of carbonyl (C=O) groups excluding carboxylic acids is 1. The molecule has 0 saturated carbocycles. The van der Waals surface area contributed by atoms with Crippen molar-refractivity contribution in [2.24, 2.45) is 0 Å². The number of carbonyl (C=O) groups is 1. The summed E-state index contributed by atoms with van der Waals surface area (Å²) in [6.45, 7) is 0.757. The molecular formula is C21H20ClN3O2. The van der Waals surface area contributed by atoms with Crippen LogP contribution in [-0.4, -0.2) is 24.5 Å². The molecule has 1 heterocycles. The minimum absolute atomic E-state index is 0.223. The highest BCUT2D eigenvalue weighted by Gasteiger charge is 2.06. The number of rotatable bonds is 7. The first-order valence-electron chi connectivity index (χ1n) is 8.54. The van der Waals surface area contributed by atoms with E-state index in [0.717, 1.165) is 24.5 Å². The lowest BCUT2D eigenvalue weighted by atomic mass is 10.1. The third-order valence-corrected chi connectivity index (χ3v) is 4.22. The molecule has 0 aliphatic heterocycles. The molecule has 0 radical (unpaired) electrons. The highest BCUT2D eigenvalue weighted by atomic mass is 35.5. The molecule has 1 amide bonds. The maximum absolute atomic E-state index is 12.2. The van der Waals surface area contributed by atoms with E-state index in [-0.39, 0.29) is 5.91 Å². The molecule has 0 bridgehead atoms. The number of hydrogen-bond donors (Lipinski definition) is 2. The van der Waals surface area contributed by atoms with Crippen LogP contribution >= 0.6 is 11.6 Å². The van der Waals surface area contributed by atoms with Crippen molar-refractivity contribution < 1.29 is 9.53 Å². The Balaban J connectivity index is 1.50. The number of hydrogen-bond acceptors (Lipinski definition) is 4. The molecule has 0 atom stereocenters. The van der Waals surface area contributed by atoms with Crippen molar-refractivity contribution >= 4 is 29.0 Å². The monoisotopic (exact) mass is 381 g/mol. The van der Waals surface area contributed by atoms with Crippen molar-refractivity contribution in [2.45, 2.75) is 6.42 Å². The normalized spacial score (nSPS) is 10.3. The molecular weight excluding hydrogens is 362 g/mol. The molecule has 3 aromatic rings. The second kappa shape index (κ2) is 9.05. The molecule has 3 rings (SSSR count). The van der Waals surface area contributed by atoms with E-state index in [1.54, 1.807) is 37.6 Å². The average molecular weight is 382 g/mol. The summed E-state index contributed by atoms with van der Waals surface area (Å²) in [5, 5.41) is 6.60. The third kappa shape index (κ3) is 5.46. The topological polar surface area (TPSA) is 63.2 Å². The van der Waals surface area contributed by atoms with Gasteiger partial charge in [-0.15, -0.1) is 0 Å². The number of aromatic nitrogens is 1. The fourth-order valence-electron chi connectivity index (χ4n) is 2.53. The maximum Gasteiger partial charge on any atom is 0.255 e. The first kappa shape index (κ1) is 18.7. The smallest absolute Gasteiger partial charge is 0.255 e. The van der Waals surface area contributed by atoms with Gasteiger partial charge < -0.3 is 15.4 Å². The molecule has 0 unspecified atom stereocenters. The highest BCUT2D eigenvalue weighted by molar-refractivity contribution is 6.31. The van der Waals surface area contributed by atoms with Crippen LogP contribution in [-0.2, 0) is 6.42 Å². The van der Waals surface area contributed by atoms with Gasteiger partial charge in [0, 0.05) is 17.1 Å². The van der Waals surface area contributed by atoms with Crippen molar-refractivity contribution in [2.75, 3.05) is 24.3 Å². The van der Waals surface area contributed by atoms with Crippen molar-refractivity contribution in [3.05, 3.63) is 83.0 Å². The zero-order chi connectivity index (χ0) is 19.1. The Morgan fingerprint density at radius 3 is 2.59 bits per heavy atom. The van der Waals surface area contributed by atoms with Crippen LogP contribution in [0.4, 0.5) is 11.5 Å². The Labute approximate surface area is 163 Å². The number of anilines is 2. The molecule has 6 heteroatoms. The van der Waals surface area contributed by atoms with E-state index >= 15 is 0 Å². The van der Waals surface area contributed by atoms with Crippen LogP contribution in [0.15, 0.2) is 66.9 Å². The molecule has 0 aliphatic carbocycles. The van der Waals surface area contributed by atoms with E-state index in [1.807, 2.05) is 36.4 Å². The van der Waals surface area contributed by atoms with Crippen LogP contribution in [0.1, 0.15) is 15.9 Å². The number of pyridine rings is 1. The van der Waals surface area contributed by atoms with E-state index < -0.39 is 0 Å². The molecule has 2 N–H and O–H groups in total. The fourth-order valence-corrected chi connectivity index (χ4v) is 2.72. The van der Waals surface area contributed by atoms with Gasteiger partial charge in [0.2, 0.25) is 0 Å². The van der Waals surface area contributed by atoms with E-state index in [4.69, 9.17) is 16.3 Å². The van der Waals surface area contributed by atoms with Gasteiger partial charge in [-0.05, 0) is 54.4 Å². The summed E-state index contributed by atoms with van der Waals surface area (Å²) in [6, 6.07) is 18.4. The number of ether oxygens (including phenoxy) is 1. The van der Waals surface area contributed by atoms with Crippen molar-refractivity contribution in [1.29, 1.82) is 0 Å². The molecule has 0 spiro atoms. The molecule has 2 aromatic carbocycles. The molecule has 0 saturated heterocycles. The predicted octanol–water partition coefficient (Wildman–Crippen LogP) is 4.65. The maximum atomic E-state index is 12.2. The fraction of sp³-hybridized carbons (Fsp3) is 0.143. The van der Waals surface area contributed by atoms with Crippen molar-refractivity contribution in [3.63, 3.8) is 0 Å². The molecule has 27 heavy (non-hydrogen) atoms. The summed E-state index contributed by atoms with van der Waals surface area (Å²) in [7, 11) is 1.66. The summed E-state index contributed by atoms with van der Waals surface area (Å²) >= 11 is 5.91. The second-order valence-electron chi connectivity index (χ2n) is 5.92. The summed E-state index contributed by atoms with van der Waals surface area (Å²) in [4.78, 5) is 16.5. The number of benzene rings is 2. The Morgan fingerprint density at radius 1 is 1.11 bits per heavy atom. The van der Waals surface area contributed by atoms with Crippen LogP contribution in [0.5, 0.6) is 5.75 Å². The van der Waals surface area contributed by atoms with Gasteiger partial charge in [0.15, 0.2) is 0 Å². The van der Waals surface area contributed by atoms with E-state index in [9.17, 15) is 4.79 Å². The van der Waals surface area contributed by atoms with Gasteiger partial charge in [-0.1, -0.05) is 29.8 Å². The Hall–Kier alpha value is -3.05. The van der Waals surface area contributed by atoms with Gasteiger partial charge >= 0.3 is 0 Å². The molecule has 0 aliphatic rings. The first-order valence-corrected chi connectivity index (χ1v) is 8.91. The summed E-state index contributed by atoms with van der Waals surface area (Å²) in [5.74, 6) is 1.38. The van der Waals surface area contributed by atoms with Gasteiger partial charge in [-0.25, -0.2) is 4.98 Å². The standard InChI is InChI=1S/C21H20ClN3O2/c1-27-19-8-5-15(6-9-19)11-12-23-20-10-7-18(14-24-20)25-21(26)16-3-2-4-17(22)13-16/h2-10,13-14H,11-12H2,1H3,(H,23,24)(H,25,26). The van der Waals surface area contributed by atoms with Crippen LogP contribution in [0.25, 0.3) is 0 Å². The zero-order valence-corrected chi connectivity index (χ0v) is 15.7. The molecule has 0 fully saturated rings. The van der Waals surface area contributed by atoms with Crippen LogP contribution in [0.3, 0.4) is 0 Å². The van der Waals surface area contributed by atoms with Crippen LogP contribution < -0.4 is 15.4 Å². The van der Waals surface area contributed by atoms with E-state index in [0.29, 0.717) is 16.3 Å². The number of nitrogens with zero attached hydrogens (tertiary/aromatic N) is 1. The van der Waals surface area contributed by atoms with E-state index in [1.165, 1.54) is 5.56 Å². The highest BCUT2D eigenvalue weighted by Crippen LogP contribution is 2.15. The largest absolute Gasteiger partial charge is 0.497 e. The number of halogens is 1. The number of amides is 1. The summed E-state index contributed by atoms with van der Waals surface area (Å²) < 4.78 is 5.15. The summed E-state index contributed by atoms with van der Waals surface area (Å²) in [5.41, 5.74) is 2.35. The first-order chi connectivity index (χ1) is 13.1. The predicted molar refractivity (Wildman–Crippen MR) is 109 cm³/mol. The SMILES string of the molecule is COc1ccc(CCNc2ccc(NC(=O)c3cccc(Cl)c3)cn2)cc1. The lowest BCUT2D eigenvalue weighted by Gasteiger charge is -2.08. The van der Waals surface area contributed by atoms with Gasteiger partial charge in [0.1, 0.15) is 11.6 Å². The third-order valence-electron chi connectivity index (χ3n) is 3.99. The lowest BCUT2D eigenvalue weighted by Crippen LogP contribution is -2.12. The number of nitrogens with one attached hydrogen (secondary N) is 2. The minimum Gasteiger partial charge on any atom is -0.497 e. The Kier molecular flexibility index (Phi) is 6.28. The Bertz CT molecular complexity index is 896. The minimum atomic E-state index is -0.223. The van der Waals surface area contributed by atoms with Crippen LogP contribution in [0, 0.1) is 0 Å². The quantitative estimate of drug-likeness (QED) is 0.625. The average Bonchev–Trinajstić information content (AvgIpc) is 2.70. The van der Waals surface area contributed by atoms with Gasteiger partial charge in [-0.2, -0.15) is 0 Å². The van der Waals surface area contributed by atoms with Gasteiger partial charge in [-0.3, -0.25) is 4.79 Å². The van der Waals surface area contributed by atoms with Gasteiger partial charge in [0.25, 0.3) is 5.91 Å². The number of methoxy groups -OCH3 is 1. The van der Waals surface area contributed by atoms with Crippen LogP contribution in [0.2, 0.25) is 5.02 Å². The van der Waals surface area contributed by atoms with Crippen molar-refractivity contribution in [1.82, 2.24) is 4.98 Å². The van der Waals surface area contributed by atoms with E-state index in [2.05, 4.69) is 15.6 Å². The van der Waals surface area contributed by atoms with Crippen molar-refractivity contribution in [3.8, 4) is 5.75 Å². The second-order valence-corrected chi connectivity index (χ2v) is 6.36. The molecule has 1 aromatic heterocycles. The molecule has 138 valence electrons. The lowest BCUT2D eigenvalue weighted by molar-refractivity contribution is 0.102.